The molecule has 0 aliphatic heterocycles. The summed E-state index contributed by atoms with van der Waals surface area (Å²) in [7, 11) is -3.72. The lowest BCUT2D eigenvalue weighted by molar-refractivity contribution is 0.601. The molecule has 2 aromatic carbocycles. The van der Waals surface area contributed by atoms with Crippen LogP contribution in [-0.4, -0.2) is 18.4 Å². The average molecular weight is 300 g/mol. The Morgan fingerprint density at radius 2 is 1.67 bits per heavy atom. The zero-order valence-electron chi connectivity index (χ0n) is 10.9. The second-order valence-corrected chi connectivity index (χ2v) is 6.10. The second kappa shape index (κ2) is 5.02. The molecule has 106 valence electrons. The summed E-state index contributed by atoms with van der Waals surface area (Å²) in [5.74, 6) is 0.248. The van der Waals surface area contributed by atoms with Crippen LogP contribution in [0, 0.1) is 0 Å². The summed E-state index contributed by atoms with van der Waals surface area (Å²) in [4.78, 5) is 8.23. The number of nitrogens with two attached hydrogens (primary N) is 1. The number of hydrogen-bond donors (Lipinski definition) is 2. The molecule has 3 rings (SSSR count). The van der Waals surface area contributed by atoms with Crippen molar-refractivity contribution in [3.8, 4) is 0 Å². The first-order chi connectivity index (χ1) is 10.1. The summed E-state index contributed by atoms with van der Waals surface area (Å²) < 4.78 is 27.2. The molecule has 0 unspecified atom stereocenters. The van der Waals surface area contributed by atoms with Crippen LogP contribution in [0.3, 0.4) is 0 Å². The molecule has 1 aromatic heterocycles. The van der Waals surface area contributed by atoms with E-state index in [1.54, 1.807) is 18.2 Å². The fourth-order valence-corrected chi connectivity index (χ4v) is 2.95. The molecule has 0 spiro atoms. The van der Waals surface area contributed by atoms with E-state index in [1.807, 2.05) is 6.07 Å². The molecule has 0 saturated carbocycles. The van der Waals surface area contributed by atoms with E-state index < -0.39 is 10.0 Å². The summed E-state index contributed by atoms with van der Waals surface area (Å²) in [6.45, 7) is 0. The smallest absolute Gasteiger partial charge is 0.263 e. The predicted molar refractivity (Wildman–Crippen MR) is 81.2 cm³/mol. The molecule has 0 saturated heterocycles. The Labute approximate surface area is 121 Å². The van der Waals surface area contributed by atoms with E-state index >= 15 is 0 Å². The molecule has 7 heteroatoms. The summed E-state index contributed by atoms with van der Waals surface area (Å²) in [6, 6.07) is 13.1. The molecule has 21 heavy (non-hydrogen) atoms. The van der Waals surface area contributed by atoms with E-state index in [0.717, 1.165) is 0 Å². The van der Waals surface area contributed by atoms with Crippen LogP contribution in [0.25, 0.3) is 10.9 Å². The molecule has 0 amide bonds. The number of nitrogen functional groups attached to an aromatic ring is 1. The Kier molecular flexibility index (Phi) is 3.19. The molecule has 0 bridgehead atoms. The lowest BCUT2D eigenvalue weighted by Crippen LogP contribution is -2.14. The van der Waals surface area contributed by atoms with Crippen molar-refractivity contribution in [2.24, 2.45) is 0 Å². The highest BCUT2D eigenvalue weighted by Crippen LogP contribution is 2.22. The fourth-order valence-electron chi connectivity index (χ4n) is 1.92. The number of hydrogen-bond acceptors (Lipinski definition) is 5. The molecule has 0 radical (unpaired) electrons. The third-order valence-electron chi connectivity index (χ3n) is 2.96. The van der Waals surface area contributed by atoms with Crippen molar-refractivity contribution >= 4 is 32.4 Å². The van der Waals surface area contributed by atoms with Crippen molar-refractivity contribution in [1.82, 2.24) is 9.97 Å². The van der Waals surface area contributed by atoms with Crippen molar-refractivity contribution < 1.29 is 8.42 Å². The highest BCUT2D eigenvalue weighted by atomic mass is 32.2. The first-order valence-corrected chi connectivity index (χ1v) is 7.63. The number of sulfonamides is 1. The van der Waals surface area contributed by atoms with Crippen molar-refractivity contribution in [1.29, 1.82) is 0 Å². The van der Waals surface area contributed by atoms with Crippen molar-refractivity contribution in [3.05, 3.63) is 54.9 Å². The lowest BCUT2D eigenvalue weighted by atomic mass is 10.2. The molecule has 0 atom stereocenters. The standard InChI is InChI=1S/C14H12N4O2S/c15-10-5-7-11(8-6-10)21(19,20)18-14-12-3-1-2-4-13(12)16-9-17-14/h1-9H,15H2,(H,16,17,18). The summed E-state index contributed by atoms with van der Waals surface area (Å²) >= 11 is 0. The maximum atomic E-state index is 12.3. The third kappa shape index (κ3) is 2.63. The zero-order valence-corrected chi connectivity index (χ0v) is 11.7. The Balaban J connectivity index is 2.03. The van der Waals surface area contributed by atoms with Gasteiger partial charge in [0.2, 0.25) is 0 Å². The van der Waals surface area contributed by atoms with Crippen LogP contribution in [0.15, 0.2) is 59.8 Å². The van der Waals surface area contributed by atoms with Gasteiger partial charge < -0.3 is 5.73 Å². The summed E-state index contributed by atoms with van der Waals surface area (Å²) in [5, 5.41) is 0.638. The third-order valence-corrected chi connectivity index (χ3v) is 4.32. The normalized spacial score (nSPS) is 11.4. The van der Waals surface area contributed by atoms with Crippen LogP contribution in [0.1, 0.15) is 0 Å². The SMILES string of the molecule is Nc1ccc(S(=O)(=O)Nc2ncnc3ccccc23)cc1. The molecule has 0 aliphatic rings. The molecular formula is C14H12N4O2S. The van der Waals surface area contributed by atoms with E-state index in [-0.39, 0.29) is 10.7 Å². The Bertz CT molecular complexity index is 887. The fraction of sp³-hybridized carbons (Fsp3) is 0. The van der Waals surface area contributed by atoms with Gasteiger partial charge in [-0.2, -0.15) is 0 Å². The number of nitrogens with zero attached hydrogens (tertiary/aromatic N) is 2. The van der Waals surface area contributed by atoms with Gasteiger partial charge in [0.25, 0.3) is 10.0 Å². The molecule has 6 nitrogen and oxygen atoms in total. The van der Waals surface area contributed by atoms with E-state index in [1.165, 1.54) is 30.6 Å². The van der Waals surface area contributed by atoms with E-state index in [9.17, 15) is 8.42 Å². The number of benzene rings is 2. The van der Waals surface area contributed by atoms with Crippen LogP contribution in [-0.2, 0) is 10.0 Å². The van der Waals surface area contributed by atoms with Gasteiger partial charge in [-0.25, -0.2) is 18.4 Å². The predicted octanol–water partition coefficient (Wildman–Crippen LogP) is 2.01. The minimum Gasteiger partial charge on any atom is -0.399 e. The topological polar surface area (TPSA) is 98.0 Å². The Hall–Kier alpha value is -2.67. The van der Waals surface area contributed by atoms with Gasteiger partial charge in [-0.05, 0) is 36.4 Å². The molecule has 0 fully saturated rings. The highest BCUT2D eigenvalue weighted by Gasteiger charge is 2.16. The summed E-state index contributed by atoms with van der Waals surface area (Å²) in [6.07, 6.45) is 1.32. The quantitative estimate of drug-likeness (QED) is 0.721. The van der Waals surface area contributed by atoms with E-state index in [0.29, 0.717) is 16.6 Å². The van der Waals surface area contributed by atoms with Gasteiger partial charge in [0.05, 0.1) is 10.4 Å². The minimum absolute atomic E-state index is 0.124. The second-order valence-electron chi connectivity index (χ2n) is 4.41. The van der Waals surface area contributed by atoms with Crippen LogP contribution < -0.4 is 10.5 Å². The number of fused-ring (bicyclic) bond motifs is 1. The monoisotopic (exact) mass is 300 g/mol. The number of nitrogens with one attached hydrogen (secondary N) is 1. The van der Waals surface area contributed by atoms with Gasteiger partial charge in [-0.1, -0.05) is 12.1 Å². The van der Waals surface area contributed by atoms with Gasteiger partial charge in [0.15, 0.2) is 5.82 Å². The van der Waals surface area contributed by atoms with Gasteiger partial charge in [-0.3, -0.25) is 4.72 Å². The molecular weight excluding hydrogens is 288 g/mol. The average Bonchev–Trinajstić information content (AvgIpc) is 2.48. The first-order valence-electron chi connectivity index (χ1n) is 6.14. The van der Waals surface area contributed by atoms with Crippen molar-refractivity contribution in [3.63, 3.8) is 0 Å². The van der Waals surface area contributed by atoms with E-state index in [4.69, 9.17) is 5.73 Å². The molecule has 3 N–H and O–H groups in total. The summed E-state index contributed by atoms with van der Waals surface area (Å²) in [5.41, 5.74) is 6.73. The van der Waals surface area contributed by atoms with Crippen LogP contribution >= 0.6 is 0 Å². The maximum Gasteiger partial charge on any atom is 0.263 e. The maximum absolute atomic E-state index is 12.3. The van der Waals surface area contributed by atoms with Crippen LogP contribution in [0.5, 0.6) is 0 Å². The Morgan fingerprint density at radius 3 is 2.43 bits per heavy atom. The van der Waals surface area contributed by atoms with Gasteiger partial charge in [0, 0.05) is 11.1 Å². The van der Waals surface area contributed by atoms with Gasteiger partial charge in [0.1, 0.15) is 6.33 Å². The molecule has 0 aliphatic carbocycles. The van der Waals surface area contributed by atoms with Gasteiger partial charge in [-0.15, -0.1) is 0 Å². The first kappa shape index (κ1) is 13.3. The van der Waals surface area contributed by atoms with Gasteiger partial charge >= 0.3 is 0 Å². The number of aromatic nitrogens is 2. The zero-order chi connectivity index (χ0) is 14.9. The largest absolute Gasteiger partial charge is 0.399 e. The highest BCUT2D eigenvalue weighted by molar-refractivity contribution is 7.92. The van der Waals surface area contributed by atoms with Crippen molar-refractivity contribution in [2.45, 2.75) is 4.90 Å². The van der Waals surface area contributed by atoms with Crippen molar-refractivity contribution in [2.75, 3.05) is 10.5 Å². The Morgan fingerprint density at radius 1 is 0.952 bits per heavy atom. The number of rotatable bonds is 3. The number of anilines is 2. The molecule has 1 heterocycles. The molecule has 3 aromatic rings. The van der Waals surface area contributed by atoms with E-state index in [2.05, 4.69) is 14.7 Å². The number of para-hydroxylation sites is 1. The minimum atomic E-state index is -3.72. The lowest BCUT2D eigenvalue weighted by Gasteiger charge is -2.09. The van der Waals surface area contributed by atoms with Crippen LogP contribution in [0.2, 0.25) is 0 Å². The van der Waals surface area contributed by atoms with Crippen LogP contribution in [0.4, 0.5) is 11.5 Å².